The number of aromatic carboxylic acids is 1. The van der Waals surface area contributed by atoms with Crippen LogP contribution in [0.25, 0.3) is 0 Å². The highest BCUT2D eigenvalue weighted by Crippen LogP contribution is 2.23. The van der Waals surface area contributed by atoms with Crippen LogP contribution in [-0.2, 0) is 23.8 Å². The molecule has 0 aliphatic heterocycles. The number of pyridine rings is 2. The van der Waals surface area contributed by atoms with Crippen LogP contribution in [0.4, 0.5) is 27.8 Å². The lowest BCUT2D eigenvalue weighted by atomic mass is 10.2. The van der Waals surface area contributed by atoms with Crippen molar-refractivity contribution >= 4 is 63.9 Å². The normalized spacial score (nSPS) is 10.9. The Labute approximate surface area is 348 Å². The molecular formula is C38H56ClN7O13. The number of allylic oxidation sites excluding steroid dienone is 2. The van der Waals surface area contributed by atoms with Crippen molar-refractivity contribution in [2.75, 3.05) is 30.3 Å². The molecule has 59 heavy (non-hydrogen) atoms. The second kappa shape index (κ2) is 27.5. The van der Waals surface area contributed by atoms with Crippen molar-refractivity contribution in [1.82, 2.24) is 9.97 Å². The summed E-state index contributed by atoms with van der Waals surface area (Å²) in [6, 6.07) is 2.02. The zero-order valence-corrected chi connectivity index (χ0v) is 34.5. The van der Waals surface area contributed by atoms with E-state index in [0.29, 0.717) is 25.4 Å². The van der Waals surface area contributed by atoms with E-state index in [1.807, 2.05) is 13.8 Å². The molecule has 2 aromatic rings. The predicted octanol–water partition coefficient (Wildman–Crippen LogP) is 7.61. The van der Waals surface area contributed by atoms with Gasteiger partial charge < -0.3 is 35.7 Å². The second-order valence-electron chi connectivity index (χ2n) is 14.3. The van der Waals surface area contributed by atoms with E-state index < -0.39 is 44.0 Å². The fourth-order valence-electron chi connectivity index (χ4n) is 3.84. The number of carbonyl (C=O) groups excluding carboxylic acids is 4. The number of hydrogen-bond acceptors (Lipinski definition) is 16. The number of nitrogens with zero attached hydrogens (tertiary/aromatic N) is 4. The van der Waals surface area contributed by atoms with Gasteiger partial charge in [0.15, 0.2) is 0 Å². The predicted molar refractivity (Wildman–Crippen MR) is 221 cm³/mol. The number of nitrogens with two attached hydrogens (primary N) is 1. The number of nitrogens with one attached hydrogen (secondary N) is 2. The van der Waals surface area contributed by atoms with Crippen molar-refractivity contribution in [3.8, 4) is 0 Å². The van der Waals surface area contributed by atoms with Crippen LogP contribution in [0.1, 0.15) is 109 Å². The first-order chi connectivity index (χ1) is 26.8. The van der Waals surface area contributed by atoms with Crippen LogP contribution < -0.4 is 16.4 Å². The van der Waals surface area contributed by atoms with Gasteiger partial charge in [0.25, 0.3) is 5.91 Å². The number of carbonyl (C=O) groups is 5. The van der Waals surface area contributed by atoms with Crippen LogP contribution in [0.3, 0.4) is 0 Å². The number of anilines is 2. The van der Waals surface area contributed by atoms with Crippen LogP contribution >= 0.6 is 11.6 Å². The molecule has 0 saturated heterocycles. The van der Waals surface area contributed by atoms with E-state index in [1.54, 1.807) is 65.8 Å². The van der Waals surface area contributed by atoms with Crippen molar-refractivity contribution in [1.29, 1.82) is 0 Å². The number of esters is 2. The summed E-state index contributed by atoms with van der Waals surface area (Å²) in [6.07, 6.45) is 10.6. The molecule has 0 aromatic carbocycles. The van der Waals surface area contributed by atoms with Gasteiger partial charge in [-0.2, -0.15) is 0 Å². The Morgan fingerprint density at radius 1 is 0.797 bits per heavy atom. The number of aromatic nitrogens is 2. The molecule has 0 aliphatic carbocycles. The average Bonchev–Trinajstić information content (AvgIpc) is 3.09. The van der Waals surface area contributed by atoms with Crippen LogP contribution in [0.5, 0.6) is 0 Å². The molecule has 5 N–H and O–H groups in total. The Morgan fingerprint density at radius 2 is 1.19 bits per heavy atom. The summed E-state index contributed by atoms with van der Waals surface area (Å²) in [7, 11) is 0. The first-order valence-corrected chi connectivity index (χ1v) is 18.1. The number of carboxylic acids is 1. The molecule has 0 unspecified atom stereocenters. The van der Waals surface area contributed by atoms with Crippen LogP contribution in [0.2, 0.25) is 0 Å². The Balaban J connectivity index is 0. The van der Waals surface area contributed by atoms with E-state index in [9.17, 15) is 44.2 Å². The van der Waals surface area contributed by atoms with Gasteiger partial charge in [-0.1, -0.05) is 45.6 Å². The summed E-state index contributed by atoms with van der Waals surface area (Å²) in [5.74, 6) is -2.29. The van der Waals surface area contributed by atoms with E-state index in [-0.39, 0.29) is 73.7 Å². The molecule has 0 atom stereocenters. The highest BCUT2D eigenvalue weighted by Gasteiger charge is 2.20. The van der Waals surface area contributed by atoms with Gasteiger partial charge in [0.2, 0.25) is 11.6 Å². The van der Waals surface area contributed by atoms with E-state index in [4.69, 9.17) is 31.9 Å². The Bertz CT molecular complexity index is 1670. The molecule has 0 bridgehead atoms. The third kappa shape index (κ3) is 27.2. The molecular weight excluding hydrogens is 798 g/mol. The molecule has 20 nitrogen and oxygen atoms in total. The number of amides is 1. The van der Waals surface area contributed by atoms with Gasteiger partial charge in [0.05, 0.1) is 27.6 Å². The minimum atomic E-state index is -1.29. The van der Waals surface area contributed by atoms with Gasteiger partial charge in [0.1, 0.15) is 11.2 Å². The maximum atomic E-state index is 11.5. The molecule has 1 amide bonds. The summed E-state index contributed by atoms with van der Waals surface area (Å²) in [6.45, 7) is 15.6. The highest BCUT2D eigenvalue weighted by molar-refractivity contribution is 6.61. The van der Waals surface area contributed by atoms with Crippen molar-refractivity contribution in [3.63, 3.8) is 0 Å². The first-order valence-electron chi connectivity index (χ1n) is 17.7. The maximum absolute atomic E-state index is 11.5. The average molecular weight is 854 g/mol. The molecule has 0 aliphatic rings. The SMILES string of the molecule is C.CC(C)(C)OC(=O)CC/C=C/CNc1ncc(C(=O)O)cc1[N+](=O)[O-].CC(C)(C)OC(=O)CC/C=C/CNc1ncc(C(N)=O)cc1[N+](=O)[O-].CC(C)COC(=O)Cl. The number of halogens is 1. The summed E-state index contributed by atoms with van der Waals surface area (Å²) in [5, 5.41) is 36.4. The van der Waals surface area contributed by atoms with Crippen LogP contribution in [-0.4, -0.2) is 85.1 Å². The Kier molecular flexibility index (Phi) is 25.6. The second-order valence-corrected chi connectivity index (χ2v) is 14.6. The van der Waals surface area contributed by atoms with E-state index in [0.717, 1.165) is 18.3 Å². The zero-order valence-electron chi connectivity index (χ0n) is 33.7. The monoisotopic (exact) mass is 853 g/mol. The van der Waals surface area contributed by atoms with Crippen LogP contribution in [0, 0.1) is 26.1 Å². The van der Waals surface area contributed by atoms with E-state index in [1.165, 1.54) is 6.20 Å². The smallest absolute Gasteiger partial charge is 0.403 e. The fraction of sp³-hybridized carbons (Fsp3) is 0.500. The summed E-state index contributed by atoms with van der Waals surface area (Å²) in [5.41, 5.74) is 2.28. The molecule has 0 spiro atoms. The van der Waals surface area contributed by atoms with Gasteiger partial charge in [-0.05, 0) is 60.3 Å². The molecule has 328 valence electrons. The maximum Gasteiger partial charge on any atom is 0.403 e. The molecule has 2 aromatic heterocycles. The number of nitro groups is 2. The molecule has 0 radical (unpaired) electrons. The minimum Gasteiger partial charge on any atom is -0.478 e. The van der Waals surface area contributed by atoms with Gasteiger partial charge in [0, 0.05) is 62.1 Å². The number of hydrogen-bond donors (Lipinski definition) is 4. The number of carboxylic acid groups (broad SMARTS) is 1. The lowest BCUT2D eigenvalue weighted by Gasteiger charge is -2.19. The highest BCUT2D eigenvalue weighted by atomic mass is 35.5. The largest absolute Gasteiger partial charge is 0.478 e. The quantitative estimate of drug-likeness (QED) is 0.0280. The number of rotatable bonds is 18. The zero-order chi connectivity index (χ0) is 44.6. The van der Waals surface area contributed by atoms with Gasteiger partial charge in [-0.15, -0.1) is 0 Å². The van der Waals surface area contributed by atoms with Gasteiger partial charge in [-0.25, -0.2) is 19.6 Å². The molecule has 0 fully saturated rings. The lowest BCUT2D eigenvalue weighted by Crippen LogP contribution is -2.23. The van der Waals surface area contributed by atoms with Gasteiger partial charge in [-0.3, -0.25) is 34.6 Å². The summed E-state index contributed by atoms with van der Waals surface area (Å²) < 4.78 is 14.8. The van der Waals surface area contributed by atoms with E-state index in [2.05, 4.69) is 25.3 Å². The number of primary amides is 1. The molecule has 21 heteroatoms. The third-order valence-corrected chi connectivity index (χ3v) is 6.28. The molecule has 2 rings (SSSR count). The molecule has 0 saturated carbocycles. The van der Waals surface area contributed by atoms with Crippen molar-refractivity contribution in [2.45, 2.75) is 99.7 Å². The molecule has 2 heterocycles. The third-order valence-electron chi connectivity index (χ3n) is 6.17. The lowest BCUT2D eigenvalue weighted by molar-refractivity contribution is -0.384. The van der Waals surface area contributed by atoms with Gasteiger partial charge >= 0.3 is 34.7 Å². The standard InChI is InChI=1S/C16H22N4O5.C16H21N3O6.C5H9ClO2.CH4/c1-16(2,3)25-13(21)7-5-4-6-8-18-15-12(20(23)24)9-11(10-19-15)14(17)22;1-16(2,3)25-13(20)7-5-4-6-8-17-14-12(19(23)24)9-11(10-18-14)15(21)22;1-4(2)3-8-5(6)7;/h4,6,9-10H,5,7-8H2,1-3H3,(H2,17,22)(H,18,19);4,6,9-10H,5,7-8H2,1-3H3,(H,17,18)(H,21,22);4H,3H2,1-2H3;1H4/b2*6-4+;;. The van der Waals surface area contributed by atoms with Crippen LogP contribution in [0.15, 0.2) is 48.8 Å². The topological polar surface area (TPSA) is 295 Å². The van der Waals surface area contributed by atoms with E-state index >= 15 is 0 Å². The van der Waals surface area contributed by atoms with Crippen molar-refractivity contribution in [2.24, 2.45) is 11.7 Å². The number of ether oxygens (including phenoxy) is 3. The Morgan fingerprint density at radius 3 is 1.49 bits per heavy atom. The van der Waals surface area contributed by atoms with Crippen molar-refractivity contribution < 1.29 is 53.1 Å². The fourth-order valence-corrected chi connectivity index (χ4v) is 3.90. The summed E-state index contributed by atoms with van der Waals surface area (Å²) >= 11 is 4.86. The summed E-state index contributed by atoms with van der Waals surface area (Å²) in [4.78, 5) is 83.1. The van der Waals surface area contributed by atoms with Crippen molar-refractivity contribution in [3.05, 3.63) is 80.2 Å². The minimum absolute atomic E-state index is 0. The Hall–Kier alpha value is -6.18. The first kappa shape index (κ1) is 54.9.